The van der Waals surface area contributed by atoms with Crippen molar-refractivity contribution in [2.24, 2.45) is 12.5 Å². The SMILES string of the molecule is Cc1ncoc1-c1nnc(SCCCN2CCC3(CC3c3ccccc3C(F)(F)F)C2)n1C. The van der Waals surface area contributed by atoms with Gasteiger partial charge < -0.3 is 13.9 Å². The van der Waals surface area contributed by atoms with E-state index in [1.807, 2.05) is 18.5 Å². The zero-order valence-corrected chi connectivity index (χ0v) is 19.4. The number of rotatable bonds is 7. The zero-order chi connectivity index (χ0) is 23.2. The molecule has 1 aliphatic carbocycles. The molecule has 1 aromatic carbocycles. The lowest BCUT2D eigenvalue weighted by molar-refractivity contribution is -0.138. The van der Waals surface area contributed by atoms with Crippen molar-refractivity contribution in [3.8, 4) is 11.6 Å². The predicted octanol–water partition coefficient (Wildman–Crippen LogP) is 5.16. The molecule has 3 heterocycles. The summed E-state index contributed by atoms with van der Waals surface area (Å²) in [5.74, 6) is 2.20. The first-order chi connectivity index (χ1) is 15.8. The highest BCUT2D eigenvalue weighted by Gasteiger charge is 2.59. The van der Waals surface area contributed by atoms with Crippen LogP contribution in [0.5, 0.6) is 0 Å². The van der Waals surface area contributed by atoms with Crippen LogP contribution in [0.1, 0.15) is 42.0 Å². The van der Waals surface area contributed by atoms with Gasteiger partial charge in [0.15, 0.2) is 17.3 Å². The summed E-state index contributed by atoms with van der Waals surface area (Å²) in [4.78, 5) is 6.50. The topological polar surface area (TPSA) is 60.0 Å². The Morgan fingerprint density at radius 3 is 2.82 bits per heavy atom. The summed E-state index contributed by atoms with van der Waals surface area (Å²) in [7, 11) is 1.91. The molecule has 3 aromatic rings. The van der Waals surface area contributed by atoms with Crippen LogP contribution in [-0.4, -0.2) is 50.0 Å². The van der Waals surface area contributed by atoms with Crippen LogP contribution in [0, 0.1) is 12.3 Å². The largest absolute Gasteiger partial charge is 0.440 e. The van der Waals surface area contributed by atoms with Crippen LogP contribution in [-0.2, 0) is 13.2 Å². The second kappa shape index (κ2) is 8.47. The Balaban J connectivity index is 1.12. The van der Waals surface area contributed by atoms with E-state index >= 15 is 0 Å². The molecule has 10 heteroatoms. The Bertz CT molecular complexity index is 1140. The molecule has 2 aliphatic rings. The molecule has 33 heavy (non-hydrogen) atoms. The van der Waals surface area contributed by atoms with E-state index in [0.717, 1.165) is 55.5 Å². The molecule has 0 N–H and O–H groups in total. The summed E-state index contributed by atoms with van der Waals surface area (Å²) in [5.41, 5.74) is 0.802. The summed E-state index contributed by atoms with van der Waals surface area (Å²) in [6, 6.07) is 6.08. The van der Waals surface area contributed by atoms with Crippen molar-refractivity contribution in [3.63, 3.8) is 0 Å². The number of aryl methyl sites for hydroxylation is 1. The predicted molar refractivity (Wildman–Crippen MR) is 119 cm³/mol. The molecule has 1 saturated heterocycles. The molecule has 1 spiro atoms. The molecule has 2 unspecified atom stereocenters. The van der Waals surface area contributed by atoms with Crippen molar-refractivity contribution in [3.05, 3.63) is 47.5 Å². The van der Waals surface area contributed by atoms with Gasteiger partial charge in [-0.05, 0) is 62.2 Å². The lowest BCUT2D eigenvalue weighted by atomic mass is 9.95. The van der Waals surface area contributed by atoms with Gasteiger partial charge >= 0.3 is 6.18 Å². The van der Waals surface area contributed by atoms with Crippen LogP contribution in [0.4, 0.5) is 13.2 Å². The number of likely N-dealkylation sites (tertiary alicyclic amines) is 1. The van der Waals surface area contributed by atoms with E-state index in [2.05, 4.69) is 20.1 Å². The third kappa shape index (κ3) is 4.30. The van der Waals surface area contributed by atoms with Crippen molar-refractivity contribution in [1.82, 2.24) is 24.6 Å². The molecule has 5 rings (SSSR count). The molecular weight excluding hydrogens is 451 g/mol. The molecule has 0 radical (unpaired) electrons. The van der Waals surface area contributed by atoms with Gasteiger partial charge in [0.05, 0.1) is 11.3 Å². The number of alkyl halides is 3. The van der Waals surface area contributed by atoms with Gasteiger partial charge in [0, 0.05) is 19.3 Å². The van der Waals surface area contributed by atoms with Crippen LogP contribution in [0.3, 0.4) is 0 Å². The van der Waals surface area contributed by atoms with Crippen LogP contribution in [0.25, 0.3) is 11.6 Å². The molecule has 1 saturated carbocycles. The van der Waals surface area contributed by atoms with Crippen LogP contribution >= 0.6 is 11.8 Å². The minimum atomic E-state index is -4.29. The van der Waals surface area contributed by atoms with E-state index in [1.54, 1.807) is 23.9 Å². The van der Waals surface area contributed by atoms with Gasteiger partial charge in [0.1, 0.15) is 0 Å². The fourth-order valence-electron chi connectivity index (χ4n) is 5.08. The van der Waals surface area contributed by atoms with Crippen molar-refractivity contribution in [2.75, 3.05) is 25.4 Å². The fraction of sp³-hybridized carbons (Fsp3) is 0.522. The van der Waals surface area contributed by atoms with E-state index in [9.17, 15) is 13.2 Å². The van der Waals surface area contributed by atoms with Crippen LogP contribution in [0.2, 0.25) is 0 Å². The minimum Gasteiger partial charge on any atom is -0.440 e. The van der Waals surface area contributed by atoms with Crippen molar-refractivity contribution in [2.45, 2.75) is 43.4 Å². The molecule has 2 aromatic heterocycles. The molecule has 1 aliphatic heterocycles. The molecule has 0 amide bonds. The maximum absolute atomic E-state index is 13.4. The molecule has 0 bridgehead atoms. The first-order valence-corrected chi connectivity index (χ1v) is 12.1. The monoisotopic (exact) mass is 477 g/mol. The summed E-state index contributed by atoms with van der Waals surface area (Å²) in [6.07, 6.45) is -0.0781. The first-order valence-electron chi connectivity index (χ1n) is 11.1. The third-order valence-electron chi connectivity index (χ3n) is 6.93. The van der Waals surface area contributed by atoms with Gasteiger partial charge in [0.25, 0.3) is 0 Å². The number of oxazole rings is 1. The standard InChI is InChI=1S/C23H26F3N5OS/c1-15-19(32-14-27-15)20-28-29-21(30(20)2)33-11-5-9-31-10-8-22(13-31)12-18(22)16-6-3-4-7-17(16)23(24,25)26/h3-4,6-7,14,18H,5,8-13H2,1-2H3. The van der Waals surface area contributed by atoms with Gasteiger partial charge in [-0.15, -0.1) is 10.2 Å². The lowest BCUT2D eigenvalue weighted by Gasteiger charge is -2.17. The average molecular weight is 478 g/mol. The molecule has 2 atom stereocenters. The Morgan fingerprint density at radius 2 is 2.06 bits per heavy atom. The van der Waals surface area contributed by atoms with Crippen molar-refractivity contribution < 1.29 is 17.6 Å². The average Bonchev–Trinajstić information content (AvgIpc) is 3.05. The quantitative estimate of drug-likeness (QED) is 0.346. The number of nitrogens with zero attached hydrogens (tertiary/aromatic N) is 5. The van der Waals surface area contributed by atoms with Crippen molar-refractivity contribution in [1.29, 1.82) is 0 Å². The summed E-state index contributed by atoms with van der Waals surface area (Å²) in [6.45, 7) is 4.64. The van der Waals surface area contributed by atoms with Gasteiger partial charge in [-0.3, -0.25) is 0 Å². The Morgan fingerprint density at radius 1 is 1.24 bits per heavy atom. The zero-order valence-electron chi connectivity index (χ0n) is 18.6. The normalized spacial score (nSPS) is 23.0. The van der Waals surface area contributed by atoms with Crippen molar-refractivity contribution >= 4 is 11.8 Å². The van der Waals surface area contributed by atoms with Gasteiger partial charge in [-0.1, -0.05) is 30.0 Å². The Hall–Kier alpha value is -2.33. The number of hydrogen-bond donors (Lipinski definition) is 0. The second-order valence-corrected chi connectivity index (χ2v) is 10.1. The van der Waals surface area contributed by atoms with E-state index in [1.165, 1.54) is 18.5 Å². The smallest absolute Gasteiger partial charge is 0.416 e. The molecule has 6 nitrogen and oxygen atoms in total. The van der Waals surface area contributed by atoms with Gasteiger partial charge in [0.2, 0.25) is 5.82 Å². The van der Waals surface area contributed by atoms with Crippen LogP contribution < -0.4 is 0 Å². The summed E-state index contributed by atoms with van der Waals surface area (Å²) >= 11 is 1.65. The number of benzene rings is 1. The van der Waals surface area contributed by atoms with Gasteiger partial charge in [-0.25, -0.2) is 4.98 Å². The summed E-state index contributed by atoms with van der Waals surface area (Å²) in [5, 5.41) is 9.33. The molecular formula is C23H26F3N5OS. The third-order valence-corrected chi connectivity index (χ3v) is 8.04. The highest BCUT2D eigenvalue weighted by Crippen LogP contribution is 2.65. The molecule has 2 fully saturated rings. The van der Waals surface area contributed by atoms with E-state index in [0.29, 0.717) is 17.1 Å². The Kier molecular flexibility index (Phi) is 5.76. The number of hydrogen-bond acceptors (Lipinski definition) is 6. The number of thioether (sulfide) groups is 1. The maximum Gasteiger partial charge on any atom is 0.416 e. The van der Waals surface area contributed by atoms with E-state index in [-0.39, 0.29) is 11.3 Å². The second-order valence-electron chi connectivity index (χ2n) is 9.06. The minimum absolute atomic E-state index is 0.0158. The molecule has 176 valence electrons. The summed E-state index contributed by atoms with van der Waals surface area (Å²) < 4.78 is 47.6. The van der Waals surface area contributed by atoms with E-state index in [4.69, 9.17) is 4.42 Å². The van der Waals surface area contributed by atoms with E-state index < -0.39 is 11.7 Å². The number of halogens is 3. The lowest BCUT2D eigenvalue weighted by Crippen LogP contribution is -2.23. The van der Waals surface area contributed by atoms with Gasteiger partial charge in [-0.2, -0.15) is 13.2 Å². The highest BCUT2D eigenvalue weighted by molar-refractivity contribution is 7.99. The Labute approximate surface area is 194 Å². The fourth-order valence-corrected chi connectivity index (χ4v) is 5.91. The van der Waals surface area contributed by atoms with Crippen LogP contribution in [0.15, 0.2) is 40.2 Å². The maximum atomic E-state index is 13.4. The number of aromatic nitrogens is 4. The highest BCUT2D eigenvalue weighted by atomic mass is 32.2. The first kappa shape index (κ1) is 22.5.